The maximum Gasteiger partial charge on any atom is 0.247 e. The Morgan fingerprint density at radius 2 is 1.90 bits per heavy atom. The van der Waals surface area contributed by atoms with E-state index in [9.17, 15) is 26.4 Å². The number of hydrogen-bond donors (Lipinski definition) is 2. The maximum absolute atomic E-state index is 14.1. The predicted molar refractivity (Wildman–Crippen MR) is 148 cm³/mol. The van der Waals surface area contributed by atoms with Crippen LogP contribution in [-0.4, -0.2) is 55.1 Å². The van der Waals surface area contributed by atoms with Crippen LogP contribution in [0.15, 0.2) is 70.6 Å². The standard InChI is InChI=1S/C28H32ClF3N4O3S/c1-17(26-34-24(28(2,3)35-26)27(37)33-20-14-19(15-20)25(31)32)11-12-36(16-18-9-10-22(29)23(30)13-18)40(38,39)21-7-5-4-6-8-21/h4-10,13,19-20,24-25H,1,11-12,14-16H2,2-3H3,(H,33,37)(H,34,35)/t19?,20?,24-/m0/s1. The monoisotopic (exact) mass is 596 g/mol. The molecule has 2 aromatic carbocycles. The highest BCUT2D eigenvalue weighted by atomic mass is 35.5. The van der Waals surface area contributed by atoms with Crippen LogP contribution in [0.3, 0.4) is 0 Å². The van der Waals surface area contributed by atoms with Crippen LogP contribution in [0.1, 0.15) is 38.7 Å². The molecular formula is C28H32ClF3N4O3S. The summed E-state index contributed by atoms with van der Waals surface area (Å²) >= 11 is 5.80. The Kier molecular flexibility index (Phi) is 8.96. The van der Waals surface area contributed by atoms with E-state index < -0.39 is 39.8 Å². The van der Waals surface area contributed by atoms with E-state index in [4.69, 9.17) is 11.6 Å². The number of benzene rings is 2. The Morgan fingerprint density at radius 3 is 2.52 bits per heavy atom. The van der Waals surface area contributed by atoms with E-state index in [1.165, 1.54) is 28.6 Å². The van der Waals surface area contributed by atoms with Crippen LogP contribution in [0.2, 0.25) is 5.02 Å². The van der Waals surface area contributed by atoms with Gasteiger partial charge in [-0.1, -0.05) is 42.4 Å². The van der Waals surface area contributed by atoms with E-state index in [1.807, 2.05) is 0 Å². The number of amides is 1. The fourth-order valence-corrected chi connectivity index (χ4v) is 6.34. The Labute approximate surface area is 237 Å². The zero-order chi connectivity index (χ0) is 29.2. The lowest BCUT2D eigenvalue weighted by atomic mass is 9.80. The van der Waals surface area contributed by atoms with Gasteiger partial charge in [0.1, 0.15) is 11.7 Å². The Hall–Kier alpha value is -2.89. The Morgan fingerprint density at radius 1 is 1.23 bits per heavy atom. The van der Waals surface area contributed by atoms with Crippen molar-refractivity contribution in [2.45, 2.75) is 68.6 Å². The van der Waals surface area contributed by atoms with Gasteiger partial charge in [0, 0.05) is 25.0 Å². The molecule has 0 saturated heterocycles. The van der Waals surface area contributed by atoms with Gasteiger partial charge in [0.25, 0.3) is 0 Å². The number of hydrogen-bond acceptors (Lipinski definition) is 5. The number of nitrogens with one attached hydrogen (secondary N) is 2. The van der Waals surface area contributed by atoms with Gasteiger partial charge in [0.05, 0.1) is 15.5 Å². The summed E-state index contributed by atoms with van der Waals surface area (Å²) < 4.78 is 67.9. The molecule has 0 unspecified atom stereocenters. The van der Waals surface area contributed by atoms with Crippen LogP contribution in [0, 0.1) is 11.7 Å². The molecule has 1 atom stereocenters. The number of amidine groups is 1. The van der Waals surface area contributed by atoms with Crippen LogP contribution >= 0.6 is 11.6 Å². The lowest BCUT2D eigenvalue weighted by Crippen LogP contribution is -2.55. The third-order valence-electron chi connectivity index (χ3n) is 7.23. The smallest absolute Gasteiger partial charge is 0.247 e. The summed E-state index contributed by atoms with van der Waals surface area (Å²) in [5.41, 5.74) is 0.136. The number of sulfonamides is 1. The van der Waals surface area contributed by atoms with Gasteiger partial charge in [-0.3, -0.25) is 9.79 Å². The summed E-state index contributed by atoms with van der Waals surface area (Å²) in [6, 6.07) is 10.9. The second kappa shape index (κ2) is 11.9. The van der Waals surface area contributed by atoms with E-state index >= 15 is 0 Å². The molecule has 40 heavy (non-hydrogen) atoms. The molecule has 2 aromatic rings. The molecular weight excluding hydrogens is 565 g/mol. The third kappa shape index (κ3) is 6.70. The first kappa shape index (κ1) is 30.1. The van der Waals surface area contributed by atoms with E-state index in [0.29, 0.717) is 17.0 Å². The Balaban J connectivity index is 1.47. The van der Waals surface area contributed by atoms with Crippen LogP contribution in [-0.2, 0) is 21.4 Å². The number of halogens is 4. The molecule has 0 radical (unpaired) electrons. The minimum absolute atomic E-state index is 0.00931. The van der Waals surface area contributed by atoms with Crippen molar-refractivity contribution in [1.29, 1.82) is 0 Å². The van der Waals surface area contributed by atoms with Gasteiger partial charge in [-0.15, -0.1) is 0 Å². The number of nitrogens with zero attached hydrogens (tertiary/aromatic N) is 2. The quantitative estimate of drug-likeness (QED) is 0.385. The fraction of sp³-hybridized carbons (Fsp3) is 0.429. The molecule has 2 N–H and O–H groups in total. The number of carbonyl (C=O) groups excluding carboxylic acids is 1. The van der Waals surface area contributed by atoms with Crippen molar-refractivity contribution in [2.75, 3.05) is 6.54 Å². The van der Waals surface area contributed by atoms with Crippen LogP contribution in [0.25, 0.3) is 0 Å². The van der Waals surface area contributed by atoms with Crippen LogP contribution < -0.4 is 10.6 Å². The molecule has 1 saturated carbocycles. The second-order valence-electron chi connectivity index (χ2n) is 10.8. The highest BCUT2D eigenvalue weighted by Crippen LogP contribution is 2.33. The molecule has 7 nitrogen and oxygen atoms in total. The normalized spacial score (nSPS) is 22.0. The summed E-state index contributed by atoms with van der Waals surface area (Å²) in [7, 11) is -3.95. The van der Waals surface area contributed by atoms with Crippen LogP contribution in [0.4, 0.5) is 13.2 Å². The number of carbonyl (C=O) groups is 1. The molecule has 4 rings (SSSR count). The minimum Gasteiger partial charge on any atom is -0.363 e. The van der Waals surface area contributed by atoms with Gasteiger partial charge < -0.3 is 10.6 Å². The minimum atomic E-state index is -3.95. The van der Waals surface area contributed by atoms with Gasteiger partial charge in [-0.05, 0) is 68.5 Å². The summed E-state index contributed by atoms with van der Waals surface area (Å²) in [6.07, 6.45) is -1.75. The predicted octanol–water partition coefficient (Wildman–Crippen LogP) is 4.93. The summed E-state index contributed by atoms with van der Waals surface area (Å²) in [6.45, 7) is 7.57. The summed E-state index contributed by atoms with van der Waals surface area (Å²) in [5.74, 6) is -1.34. The van der Waals surface area contributed by atoms with Crippen LogP contribution in [0.5, 0.6) is 0 Å². The Bertz CT molecular complexity index is 1400. The molecule has 1 fully saturated rings. The number of aliphatic imine (C=N–C) groups is 1. The lowest BCUT2D eigenvalue weighted by Gasteiger charge is -2.36. The topological polar surface area (TPSA) is 90.9 Å². The molecule has 0 aromatic heterocycles. The first-order chi connectivity index (χ1) is 18.8. The van der Waals surface area contributed by atoms with E-state index in [0.717, 1.165) is 0 Å². The van der Waals surface area contributed by atoms with Gasteiger partial charge in [0.2, 0.25) is 22.4 Å². The zero-order valence-corrected chi connectivity index (χ0v) is 23.8. The fourth-order valence-electron chi connectivity index (χ4n) is 4.77. The molecule has 1 aliphatic carbocycles. The van der Waals surface area contributed by atoms with E-state index in [1.54, 1.807) is 38.1 Å². The van der Waals surface area contributed by atoms with Crippen molar-refractivity contribution in [3.8, 4) is 0 Å². The highest BCUT2D eigenvalue weighted by Gasteiger charge is 2.44. The molecule has 216 valence electrons. The summed E-state index contributed by atoms with van der Waals surface area (Å²) in [5, 5.41) is 5.94. The van der Waals surface area contributed by atoms with E-state index in [-0.39, 0.29) is 54.2 Å². The highest BCUT2D eigenvalue weighted by molar-refractivity contribution is 7.89. The van der Waals surface area contributed by atoms with Gasteiger partial charge >= 0.3 is 0 Å². The van der Waals surface area contributed by atoms with Crippen molar-refractivity contribution in [1.82, 2.24) is 14.9 Å². The van der Waals surface area contributed by atoms with Crippen molar-refractivity contribution in [3.63, 3.8) is 0 Å². The second-order valence-corrected chi connectivity index (χ2v) is 13.1. The molecule has 0 spiro atoms. The maximum atomic E-state index is 14.1. The largest absolute Gasteiger partial charge is 0.363 e. The number of alkyl halides is 2. The third-order valence-corrected chi connectivity index (χ3v) is 9.40. The average molecular weight is 597 g/mol. The van der Waals surface area contributed by atoms with Gasteiger partial charge in [-0.25, -0.2) is 21.6 Å². The first-order valence-corrected chi connectivity index (χ1v) is 14.7. The molecule has 2 aliphatic rings. The first-order valence-electron chi connectivity index (χ1n) is 12.9. The zero-order valence-electron chi connectivity index (χ0n) is 22.2. The lowest BCUT2D eigenvalue weighted by molar-refractivity contribution is -0.125. The van der Waals surface area contributed by atoms with Crippen molar-refractivity contribution in [2.24, 2.45) is 10.9 Å². The van der Waals surface area contributed by atoms with Crippen molar-refractivity contribution >= 4 is 33.4 Å². The SMILES string of the molecule is C=C(CCN(Cc1ccc(Cl)c(F)c1)S(=O)(=O)c1ccccc1)C1=N[C@@H](C(=O)NC2CC(C(F)F)C2)C(C)(C)N1. The molecule has 0 bridgehead atoms. The van der Waals surface area contributed by atoms with Crippen molar-refractivity contribution in [3.05, 3.63) is 77.1 Å². The summed E-state index contributed by atoms with van der Waals surface area (Å²) in [4.78, 5) is 17.5. The molecule has 1 aliphatic heterocycles. The molecule has 1 heterocycles. The van der Waals surface area contributed by atoms with E-state index in [2.05, 4.69) is 22.2 Å². The van der Waals surface area contributed by atoms with Gasteiger partial charge in [-0.2, -0.15) is 4.31 Å². The number of rotatable bonds is 11. The average Bonchev–Trinajstić information content (AvgIpc) is 3.20. The molecule has 12 heteroatoms. The van der Waals surface area contributed by atoms with Crippen molar-refractivity contribution < 1.29 is 26.4 Å². The van der Waals surface area contributed by atoms with Gasteiger partial charge in [0.15, 0.2) is 6.04 Å². The molecule has 1 amide bonds.